The number of carbonyl (C=O) groups excluding carboxylic acids is 1. The van der Waals surface area contributed by atoms with E-state index in [1.807, 2.05) is 84.9 Å². The molecule has 0 saturated carbocycles. The lowest BCUT2D eigenvalue weighted by atomic mass is 10.0. The Balaban J connectivity index is 1.44. The highest BCUT2D eigenvalue weighted by Crippen LogP contribution is 2.28. The number of aromatic nitrogens is 2. The lowest BCUT2D eigenvalue weighted by Gasteiger charge is -2.09. The van der Waals surface area contributed by atoms with Crippen LogP contribution < -0.4 is 5.32 Å². The van der Waals surface area contributed by atoms with E-state index in [-0.39, 0.29) is 5.91 Å². The second kappa shape index (κ2) is 8.91. The van der Waals surface area contributed by atoms with Crippen molar-refractivity contribution in [3.05, 3.63) is 112 Å². The van der Waals surface area contributed by atoms with Gasteiger partial charge in [0.15, 0.2) is 5.13 Å². The van der Waals surface area contributed by atoms with Crippen LogP contribution in [0.5, 0.6) is 0 Å². The van der Waals surface area contributed by atoms with Gasteiger partial charge in [0.25, 0.3) is 5.91 Å². The average molecular weight is 456 g/mol. The number of nitrogens with one attached hydrogen (secondary N) is 1. The molecule has 0 bridgehead atoms. The van der Waals surface area contributed by atoms with E-state index < -0.39 is 0 Å². The van der Waals surface area contributed by atoms with Crippen LogP contribution in [0.15, 0.2) is 91.1 Å². The van der Waals surface area contributed by atoms with Gasteiger partial charge < -0.3 is 0 Å². The van der Waals surface area contributed by atoms with Crippen LogP contribution in [0.25, 0.3) is 22.2 Å². The fraction of sp³-hybridized carbons (Fsp3) is 0.0385. The van der Waals surface area contributed by atoms with E-state index in [9.17, 15) is 4.79 Å². The Bertz CT molecular complexity index is 1420. The molecule has 3 aromatic carbocycles. The zero-order valence-corrected chi connectivity index (χ0v) is 18.5. The zero-order chi connectivity index (χ0) is 21.9. The number of para-hydroxylation sites is 1. The molecule has 5 rings (SSSR count). The molecule has 1 N–H and O–H groups in total. The number of hydrogen-bond donors (Lipinski definition) is 1. The number of thiazole rings is 1. The van der Waals surface area contributed by atoms with Crippen LogP contribution in [0, 0.1) is 0 Å². The molecule has 0 spiro atoms. The zero-order valence-electron chi connectivity index (χ0n) is 17.0. The van der Waals surface area contributed by atoms with Gasteiger partial charge in [-0.3, -0.25) is 10.1 Å². The summed E-state index contributed by atoms with van der Waals surface area (Å²) in [5, 5.41) is 5.04. The molecule has 6 heteroatoms. The predicted octanol–water partition coefficient (Wildman–Crippen LogP) is 6.85. The SMILES string of the molecule is O=C(Nc1ncc(Cc2ccccc2Cl)s1)c1cc(-c2ccccc2)nc2ccccc12. The van der Waals surface area contributed by atoms with Crippen LogP contribution in [-0.2, 0) is 6.42 Å². The molecule has 0 aliphatic rings. The number of hydrogen-bond acceptors (Lipinski definition) is 4. The van der Waals surface area contributed by atoms with E-state index in [4.69, 9.17) is 16.6 Å². The summed E-state index contributed by atoms with van der Waals surface area (Å²) >= 11 is 7.72. The summed E-state index contributed by atoms with van der Waals surface area (Å²) in [5.41, 5.74) is 4.09. The van der Waals surface area contributed by atoms with Crippen molar-refractivity contribution in [2.45, 2.75) is 6.42 Å². The van der Waals surface area contributed by atoms with Gasteiger partial charge in [-0.15, -0.1) is 11.3 Å². The maximum atomic E-state index is 13.2. The van der Waals surface area contributed by atoms with Gasteiger partial charge >= 0.3 is 0 Å². The van der Waals surface area contributed by atoms with Gasteiger partial charge in [-0.1, -0.05) is 78.3 Å². The third kappa shape index (κ3) is 4.26. The molecule has 0 fully saturated rings. The van der Waals surface area contributed by atoms with E-state index in [0.717, 1.165) is 37.6 Å². The monoisotopic (exact) mass is 455 g/mol. The second-order valence-corrected chi connectivity index (χ2v) is 8.81. The fourth-order valence-corrected chi connectivity index (χ4v) is 4.59. The first-order valence-corrected chi connectivity index (χ1v) is 11.3. The second-order valence-electron chi connectivity index (χ2n) is 7.29. The van der Waals surface area contributed by atoms with E-state index in [1.165, 1.54) is 11.3 Å². The summed E-state index contributed by atoms with van der Waals surface area (Å²) in [6, 6.07) is 27.1. The summed E-state index contributed by atoms with van der Waals surface area (Å²) < 4.78 is 0. The number of amides is 1. The summed E-state index contributed by atoms with van der Waals surface area (Å²) in [4.78, 5) is 23.4. The van der Waals surface area contributed by atoms with Crippen LogP contribution in [0.3, 0.4) is 0 Å². The van der Waals surface area contributed by atoms with Crippen molar-refractivity contribution in [3.63, 3.8) is 0 Å². The van der Waals surface area contributed by atoms with Gasteiger partial charge in [0.05, 0.1) is 16.8 Å². The molecule has 2 heterocycles. The Hall–Kier alpha value is -3.54. The Morgan fingerprint density at radius 1 is 0.938 bits per heavy atom. The third-order valence-electron chi connectivity index (χ3n) is 5.13. The molecule has 1 amide bonds. The Labute approximate surface area is 194 Å². The van der Waals surface area contributed by atoms with Gasteiger partial charge in [-0.2, -0.15) is 0 Å². The smallest absolute Gasteiger partial charge is 0.258 e. The highest BCUT2D eigenvalue weighted by molar-refractivity contribution is 7.15. The number of pyridine rings is 1. The normalized spacial score (nSPS) is 10.9. The summed E-state index contributed by atoms with van der Waals surface area (Å²) in [6.45, 7) is 0. The Morgan fingerprint density at radius 3 is 2.53 bits per heavy atom. The molecule has 0 radical (unpaired) electrons. The predicted molar refractivity (Wildman–Crippen MR) is 132 cm³/mol. The average Bonchev–Trinajstić information content (AvgIpc) is 3.27. The number of fused-ring (bicyclic) bond motifs is 1. The van der Waals surface area contributed by atoms with E-state index in [0.29, 0.717) is 17.1 Å². The van der Waals surface area contributed by atoms with E-state index in [2.05, 4.69) is 10.3 Å². The summed E-state index contributed by atoms with van der Waals surface area (Å²) in [6.07, 6.45) is 2.45. The molecule has 0 aliphatic heterocycles. The minimum absolute atomic E-state index is 0.209. The van der Waals surface area contributed by atoms with Gasteiger partial charge in [-0.05, 0) is 23.8 Å². The molecule has 0 aliphatic carbocycles. The standard InChI is InChI=1S/C26H18ClN3OS/c27-22-12-6-4-10-18(22)14-19-16-28-26(32-19)30-25(31)21-15-24(17-8-2-1-3-9-17)29-23-13-7-5-11-20(21)23/h1-13,15-16H,14H2,(H,28,30,31). The molecular weight excluding hydrogens is 438 g/mol. The maximum absolute atomic E-state index is 13.2. The van der Waals surface area contributed by atoms with Gasteiger partial charge in [-0.25, -0.2) is 9.97 Å². The quantitative estimate of drug-likeness (QED) is 0.315. The number of halogens is 1. The lowest BCUT2D eigenvalue weighted by molar-refractivity contribution is 0.102. The molecule has 0 unspecified atom stereocenters. The molecule has 4 nitrogen and oxygen atoms in total. The molecule has 156 valence electrons. The first-order valence-electron chi connectivity index (χ1n) is 10.1. The van der Waals surface area contributed by atoms with Gasteiger partial charge in [0.1, 0.15) is 0 Å². The number of nitrogens with zero attached hydrogens (tertiary/aromatic N) is 2. The van der Waals surface area contributed by atoms with Gasteiger partial charge in [0, 0.05) is 33.5 Å². The number of anilines is 1. The van der Waals surface area contributed by atoms with Crippen molar-refractivity contribution >= 4 is 44.9 Å². The molecule has 0 atom stereocenters. The van der Waals surface area contributed by atoms with Crippen LogP contribution in [0.1, 0.15) is 20.8 Å². The molecule has 0 saturated heterocycles. The minimum atomic E-state index is -0.209. The summed E-state index contributed by atoms with van der Waals surface area (Å²) in [7, 11) is 0. The van der Waals surface area contributed by atoms with E-state index in [1.54, 1.807) is 6.20 Å². The number of rotatable bonds is 5. The van der Waals surface area contributed by atoms with Gasteiger partial charge in [0.2, 0.25) is 0 Å². The number of carbonyl (C=O) groups is 1. The Morgan fingerprint density at radius 2 is 1.69 bits per heavy atom. The molecule has 2 aromatic heterocycles. The lowest BCUT2D eigenvalue weighted by Crippen LogP contribution is -2.12. The molecular formula is C26H18ClN3OS. The van der Waals surface area contributed by atoms with Crippen molar-refractivity contribution in [3.8, 4) is 11.3 Å². The van der Waals surface area contributed by atoms with Crippen LogP contribution in [-0.4, -0.2) is 15.9 Å². The highest BCUT2D eigenvalue weighted by Gasteiger charge is 2.16. The van der Waals surface area contributed by atoms with Crippen molar-refractivity contribution in [1.29, 1.82) is 0 Å². The number of benzene rings is 3. The van der Waals surface area contributed by atoms with Crippen LogP contribution in [0.2, 0.25) is 5.02 Å². The third-order valence-corrected chi connectivity index (χ3v) is 6.41. The summed E-state index contributed by atoms with van der Waals surface area (Å²) in [5.74, 6) is -0.209. The Kier molecular flexibility index (Phi) is 5.67. The first-order chi connectivity index (χ1) is 15.7. The van der Waals surface area contributed by atoms with Crippen molar-refractivity contribution in [2.24, 2.45) is 0 Å². The largest absolute Gasteiger partial charge is 0.298 e. The van der Waals surface area contributed by atoms with Crippen LogP contribution >= 0.6 is 22.9 Å². The molecule has 32 heavy (non-hydrogen) atoms. The molecule has 5 aromatic rings. The minimum Gasteiger partial charge on any atom is -0.298 e. The maximum Gasteiger partial charge on any atom is 0.258 e. The van der Waals surface area contributed by atoms with E-state index >= 15 is 0 Å². The van der Waals surface area contributed by atoms with Crippen molar-refractivity contribution in [1.82, 2.24) is 9.97 Å². The first kappa shape index (κ1) is 20.4. The topological polar surface area (TPSA) is 54.9 Å². The highest BCUT2D eigenvalue weighted by atomic mass is 35.5. The fourth-order valence-electron chi connectivity index (χ4n) is 3.56. The van der Waals surface area contributed by atoms with Crippen LogP contribution in [0.4, 0.5) is 5.13 Å². The van der Waals surface area contributed by atoms with Crippen molar-refractivity contribution < 1.29 is 4.79 Å². The van der Waals surface area contributed by atoms with Crippen molar-refractivity contribution in [2.75, 3.05) is 5.32 Å².